The lowest BCUT2D eigenvalue weighted by molar-refractivity contribution is -0.164. The van der Waals surface area contributed by atoms with Gasteiger partial charge in [0.05, 0.1) is 10.6 Å². The first-order chi connectivity index (χ1) is 16.1. The molecule has 2 N–H and O–H groups in total. The Labute approximate surface area is 207 Å². The molecule has 1 saturated heterocycles. The minimum atomic E-state index is -0.282. The molecule has 1 saturated carbocycles. The molecule has 1 heterocycles. The Kier molecular flexibility index (Phi) is 6.94. The molecular formula is C28H34ClN3O2. The highest BCUT2D eigenvalue weighted by Crippen LogP contribution is 2.55. The van der Waals surface area contributed by atoms with Crippen LogP contribution in [-0.2, 0) is 6.42 Å². The van der Waals surface area contributed by atoms with Gasteiger partial charge >= 0.3 is 0 Å². The van der Waals surface area contributed by atoms with E-state index in [1.54, 1.807) is 18.2 Å². The van der Waals surface area contributed by atoms with Crippen molar-refractivity contribution < 1.29 is 9.53 Å². The lowest BCUT2D eigenvalue weighted by Crippen LogP contribution is -2.74. The maximum Gasteiger partial charge on any atom is 0.251 e. The molecule has 1 aliphatic heterocycles. The molecule has 0 spiro atoms. The van der Waals surface area contributed by atoms with Gasteiger partial charge < -0.3 is 15.4 Å². The predicted molar refractivity (Wildman–Crippen MR) is 135 cm³/mol. The van der Waals surface area contributed by atoms with Crippen molar-refractivity contribution in [2.75, 3.05) is 13.1 Å². The molecule has 2 aromatic rings. The van der Waals surface area contributed by atoms with Crippen molar-refractivity contribution in [3.8, 4) is 11.8 Å². The van der Waals surface area contributed by atoms with E-state index in [0.29, 0.717) is 21.9 Å². The molecule has 34 heavy (non-hydrogen) atoms. The number of rotatable bonds is 8. The van der Waals surface area contributed by atoms with E-state index in [0.717, 1.165) is 25.4 Å². The van der Waals surface area contributed by atoms with Crippen LogP contribution < -0.4 is 15.4 Å². The van der Waals surface area contributed by atoms with E-state index in [-0.39, 0.29) is 28.9 Å². The van der Waals surface area contributed by atoms with Gasteiger partial charge in [0.15, 0.2) is 0 Å². The second-order valence-corrected chi connectivity index (χ2v) is 11.3. The van der Waals surface area contributed by atoms with Crippen LogP contribution in [0.1, 0.15) is 62.0 Å². The van der Waals surface area contributed by atoms with Gasteiger partial charge in [-0.3, -0.25) is 4.79 Å². The van der Waals surface area contributed by atoms with Crippen molar-refractivity contribution in [3.05, 3.63) is 64.2 Å². The molecular weight excluding hydrogens is 446 g/mol. The Morgan fingerprint density at radius 2 is 1.82 bits per heavy atom. The molecule has 5 nitrogen and oxygen atoms in total. The zero-order valence-corrected chi connectivity index (χ0v) is 21.2. The molecule has 6 heteroatoms. The van der Waals surface area contributed by atoms with Crippen LogP contribution in [0, 0.1) is 28.1 Å². The lowest BCUT2D eigenvalue weighted by Gasteiger charge is -2.63. The monoisotopic (exact) mass is 479 g/mol. The summed E-state index contributed by atoms with van der Waals surface area (Å²) in [4.78, 5) is 13.1. The summed E-state index contributed by atoms with van der Waals surface area (Å²) in [5, 5.41) is 16.0. The van der Waals surface area contributed by atoms with E-state index >= 15 is 0 Å². The molecule has 0 unspecified atom stereocenters. The first-order valence-electron chi connectivity index (χ1n) is 12.1. The molecule has 1 aliphatic carbocycles. The van der Waals surface area contributed by atoms with Crippen molar-refractivity contribution in [1.29, 1.82) is 5.26 Å². The number of amides is 1. The number of carbonyl (C=O) groups is 1. The van der Waals surface area contributed by atoms with Gasteiger partial charge in [0, 0.05) is 28.5 Å². The summed E-state index contributed by atoms with van der Waals surface area (Å²) in [6.45, 7) is 10.7. The van der Waals surface area contributed by atoms with E-state index in [2.05, 4.69) is 56.5 Å². The number of hydrogen-bond acceptors (Lipinski definition) is 4. The van der Waals surface area contributed by atoms with Gasteiger partial charge in [-0.05, 0) is 68.1 Å². The third kappa shape index (κ3) is 4.80. The highest BCUT2D eigenvalue weighted by Gasteiger charge is 2.64. The van der Waals surface area contributed by atoms with Gasteiger partial charge in [0.25, 0.3) is 5.91 Å². The highest BCUT2D eigenvalue weighted by atomic mass is 35.5. The van der Waals surface area contributed by atoms with Crippen LogP contribution in [0.3, 0.4) is 0 Å². The van der Waals surface area contributed by atoms with E-state index in [9.17, 15) is 4.79 Å². The summed E-state index contributed by atoms with van der Waals surface area (Å²) in [6.07, 6.45) is 3.38. The minimum absolute atomic E-state index is 0.0536. The van der Waals surface area contributed by atoms with Crippen LogP contribution in [0.15, 0.2) is 42.5 Å². The van der Waals surface area contributed by atoms with Crippen LogP contribution in [0.2, 0.25) is 5.02 Å². The van der Waals surface area contributed by atoms with Gasteiger partial charge in [0.1, 0.15) is 17.9 Å². The number of nitrogens with zero attached hydrogens (tertiary/aromatic N) is 1. The van der Waals surface area contributed by atoms with Crippen molar-refractivity contribution in [1.82, 2.24) is 10.6 Å². The van der Waals surface area contributed by atoms with Crippen LogP contribution >= 0.6 is 11.6 Å². The van der Waals surface area contributed by atoms with E-state index < -0.39 is 0 Å². The number of benzene rings is 2. The van der Waals surface area contributed by atoms with Crippen molar-refractivity contribution in [2.24, 2.45) is 16.7 Å². The second kappa shape index (κ2) is 9.60. The van der Waals surface area contributed by atoms with E-state index in [1.807, 2.05) is 12.1 Å². The summed E-state index contributed by atoms with van der Waals surface area (Å²) in [5.74, 6) is 1.41. The minimum Gasteiger partial charge on any atom is -0.489 e. The Hall–Kier alpha value is -2.55. The number of nitriles is 1. The fourth-order valence-electron chi connectivity index (χ4n) is 5.78. The van der Waals surface area contributed by atoms with Crippen LogP contribution in [0.25, 0.3) is 0 Å². The Bertz CT molecular complexity index is 1070. The Morgan fingerprint density at radius 3 is 2.38 bits per heavy atom. The number of aryl methyl sites for hydroxylation is 1. The topological polar surface area (TPSA) is 74.2 Å². The first-order valence-corrected chi connectivity index (χ1v) is 12.5. The fraction of sp³-hybridized carbons (Fsp3) is 0.500. The lowest BCUT2D eigenvalue weighted by atomic mass is 9.49. The quantitative estimate of drug-likeness (QED) is 0.534. The Morgan fingerprint density at radius 1 is 1.15 bits per heavy atom. The number of hydrogen-bond donors (Lipinski definition) is 2. The van der Waals surface area contributed by atoms with Crippen molar-refractivity contribution in [2.45, 2.75) is 59.1 Å². The second-order valence-electron chi connectivity index (χ2n) is 10.9. The predicted octanol–water partition coefficient (Wildman–Crippen LogP) is 5.37. The van der Waals surface area contributed by atoms with Crippen LogP contribution in [0.4, 0.5) is 0 Å². The van der Waals surface area contributed by atoms with Crippen molar-refractivity contribution >= 4 is 17.5 Å². The standard InChI is InChI=1S/C28H34ClN3O2/c1-27(2)25(28(3,4)26(27)34-22-13-12-21(15-30)23(29)14-22)32-24(33)20-10-8-18(9-11-20)6-5-7-19-16-31-17-19/h8-14,19,25-26,31H,5-7,16-17H2,1-4H3,(H,32,33). The number of nitrogens with one attached hydrogen (secondary N) is 2. The first kappa shape index (κ1) is 24.6. The molecule has 0 radical (unpaired) electrons. The number of ether oxygens (including phenoxy) is 1. The van der Waals surface area contributed by atoms with E-state index in [4.69, 9.17) is 21.6 Å². The third-order valence-electron chi connectivity index (χ3n) is 7.59. The number of halogens is 1. The van der Waals surface area contributed by atoms with E-state index in [1.165, 1.54) is 18.4 Å². The average Bonchev–Trinajstić information content (AvgIpc) is 2.77. The summed E-state index contributed by atoms with van der Waals surface area (Å²) in [7, 11) is 0. The largest absolute Gasteiger partial charge is 0.489 e. The smallest absolute Gasteiger partial charge is 0.251 e. The van der Waals surface area contributed by atoms with Crippen LogP contribution in [-0.4, -0.2) is 31.1 Å². The molecule has 4 rings (SSSR count). The molecule has 180 valence electrons. The molecule has 2 fully saturated rings. The van der Waals surface area contributed by atoms with Crippen LogP contribution in [0.5, 0.6) is 5.75 Å². The van der Waals surface area contributed by atoms with Gasteiger partial charge in [-0.2, -0.15) is 5.26 Å². The number of carbonyl (C=O) groups excluding carboxylic acids is 1. The third-order valence-corrected chi connectivity index (χ3v) is 7.90. The highest BCUT2D eigenvalue weighted by molar-refractivity contribution is 6.31. The van der Waals surface area contributed by atoms with Gasteiger partial charge in [-0.25, -0.2) is 0 Å². The zero-order chi connectivity index (χ0) is 24.5. The molecule has 0 bridgehead atoms. The van der Waals surface area contributed by atoms with Gasteiger partial charge in [0.2, 0.25) is 0 Å². The summed E-state index contributed by atoms with van der Waals surface area (Å²) >= 11 is 6.18. The fourth-order valence-corrected chi connectivity index (χ4v) is 5.99. The maximum atomic E-state index is 13.1. The SMILES string of the molecule is CC1(C)C(NC(=O)c2ccc(CCCC3CNC3)cc2)C(C)(C)C1Oc1ccc(C#N)c(Cl)c1. The zero-order valence-electron chi connectivity index (χ0n) is 20.5. The molecule has 0 atom stereocenters. The molecule has 1 amide bonds. The Balaban J connectivity index is 1.36. The maximum absolute atomic E-state index is 13.1. The average molecular weight is 480 g/mol. The van der Waals surface area contributed by atoms with Gasteiger partial charge in [-0.1, -0.05) is 51.4 Å². The summed E-state index contributed by atoms with van der Waals surface area (Å²) < 4.78 is 6.31. The summed E-state index contributed by atoms with van der Waals surface area (Å²) in [6, 6.07) is 15.1. The molecule has 2 aromatic carbocycles. The summed E-state index contributed by atoms with van der Waals surface area (Å²) in [5.41, 5.74) is 1.82. The van der Waals surface area contributed by atoms with Crippen molar-refractivity contribution in [3.63, 3.8) is 0 Å². The molecule has 0 aromatic heterocycles. The van der Waals surface area contributed by atoms with Gasteiger partial charge in [-0.15, -0.1) is 0 Å². The normalized spacial score (nSPS) is 22.7. The molecule has 2 aliphatic rings.